The number of hydrogen-bond donors (Lipinski definition) is 3. The van der Waals surface area contributed by atoms with Crippen molar-refractivity contribution >= 4 is 34.7 Å². The number of benzene rings is 1. The second-order valence-electron chi connectivity index (χ2n) is 2.01. The number of hydrogen-bond acceptors (Lipinski definition) is 5. The van der Waals surface area contributed by atoms with Crippen molar-refractivity contribution in [3.05, 3.63) is 24.3 Å². The van der Waals surface area contributed by atoms with E-state index in [1.807, 2.05) is 0 Å². The van der Waals surface area contributed by atoms with Gasteiger partial charge in [-0.1, -0.05) is 10.9 Å². The van der Waals surface area contributed by atoms with Crippen molar-refractivity contribution in [2.24, 2.45) is 10.2 Å². The molecule has 0 heterocycles. The van der Waals surface area contributed by atoms with E-state index in [2.05, 4.69) is 9.79 Å². The standard InChI is InChI=1S/C6H8N3O2S.ClH/c7-8-5-1-3-6(4-2-5)9-12(10)11;/h1-4,8H,7H2,(H,9,10,11);1H/q-1;. The summed E-state index contributed by atoms with van der Waals surface area (Å²) in [6.07, 6.45) is 0. The fraction of sp³-hybridized carbons (Fsp3) is 0. The lowest BCUT2D eigenvalue weighted by Crippen LogP contribution is -2.05. The van der Waals surface area contributed by atoms with Crippen LogP contribution in [0.2, 0.25) is 0 Å². The zero-order valence-electron chi connectivity index (χ0n) is 6.51. The van der Waals surface area contributed by atoms with Crippen LogP contribution < -0.4 is 11.3 Å². The van der Waals surface area contributed by atoms with Crippen LogP contribution in [0.25, 0.3) is 0 Å². The third-order valence-corrected chi connectivity index (χ3v) is 1.58. The number of rotatable bonds is 2. The maximum atomic E-state index is 10.2. The summed E-state index contributed by atoms with van der Waals surface area (Å²) in [4.78, 5) is 0. The molecule has 0 saturated carbocycles. The number of hydrazine groups is 1. The molecule has 0 radical (unpaired) electrons. The maximum absolute atomic E-state index is 10.2. The van der Waals surface area contributed by atoms with Gasteiger partial charge < -0.3 is 18.6 Å². The lowest BCUT2D eigenvalue weighted by Gasteiger charge is -2.00. The Kier molecular flexibility index (Phi) is 5.40. The summed E-state index contributed by atoms with van der Waals surface area (Å²) < 4.78 is 22.0. The molecule has 74 valence electrons. The molecule has 7 heteroatoms. The Morgan fingerprint density at radius 1 is 1.38 bits per heavy atom. The number of anilines is 1. The van der Waals surface area contributed by atoms with Crippen LogP contribution in [0, 0.1) is 0 Å². The first kappa shape index (κ1) is 12.2. The third kappa shape index (κ3) is 4.09. The SMILES string of the molecule is Cl.NNc1ccc(N=[S-](=O)O)cc1. The first-order chi connectivity index (χ1) is 5.72. The summed E-state index contributed by atoms with van der Waals surface area (Å²) in [5.41, 5.74) is 3.59. The summed E-state index contributed by atoms with van der Waals surface area (Å²) >= 11 is 0. The fourth-order valence-electron chi connectivity index (χ4n) is 0.709. The van der Waals surface area contributed by atoms with Crippen LogP contribution in [0.15, 0.2) is 28.6 Å². The summed E-state index contributed by atoms with van der Waals surface area (Å²) in [7, 11) is -2.15. The maximum Gasteiger partial charge on any atom is 0.0486 e. The molecule has 0 aliphatic rings. The van der Waals surface area contributed by atoms with Crippen molar-refractivity contribution in [2.75, 3.05) is 5.43 Å². The van der Waals surface area contributed by atoms with Gasteiger partial charge in [-0.25, -0.2) is 0 Å². The van der Waals surface area contributed by atoms with Gasteiger partial charge in [-0.15, -0.1) is 12.4 Å². The van der Waals surface area contributed by atoms with E-state index in [-0.39, 0.29) is 12.4 Å². The Balaban J connectivity index is 0.00000144. The second kappa shape index (κ2) is 5.76. The van der Waals surface area contributed by atoms with Gasteiger partial charge in [0.2, 0.25) is 0 Å². The van der Waals surface area contributed by atoms with E-state index < -0.39 is 10.9 Å². The molecule has 0 fully saturated rings. The normalized spacial score (nSPS) is 11.8. The van der Waals surface area contributed by atoms with Gasteiger partial charge in [-0.2, -0.15) is 0 Å². The Bertz CT molecular complexity index is 334. The minimum Gasteiger partial charge on any atom is -0.454 e. The van der Waals surface area contributed by atoms with Gasteiger partial charge in [0.25, 0.3) is 0 Å². The molecular weight excluding hydrogens is 214 g/mol. The Morgan fingerprint density at radius 3 is 2.31 bits per heavy atom. The highest BCUT2D eigenvalue weighted by Crippen LogP contribution is 2.15. The molecule has 1 aromatic rings. The molecule has 0 bridgehead atoms. The summed E-state index contributed by atoms with van der Waals surface area (Å²) in [6, 6.07) is 6.49. The summed E-state index contributed by atoms with van der Waals surface area (Å²) in [5.74, 6) is 5.11. The highest BCUT2D eigenvalue weighted by atomic mass is 35.5. The second-order valence-corrected chi connectivity index (χ2v) is 2.66. The summed E-state index contributed by atoms with van der Waals surface area (Å²) in [6.45, 7) is 0. The number of nitrogen functional groups attached to an aromatic ring is 1. The minimum absolute atomic E-state index is 0. The van der Waals surface area contributed by atoms with Crippen LogP contribution in [0.1, 0.15) is 0 Å². The van der Waals surface area contributed by atoms with Gasteiger partial charge in [0.1, 0.15) is 0 Å². The molecule has 1 rings (SSSR count). The van der Waals surface area contributed by atoms with Crippen molar-refractivity contribution in [2.45, 2.75) is 0 Å². The fourth-order valence-corrected chi connectivity index (χ4v) is 1.01. The molecule has 0 unspecified atom stereocenters. The van der Waals surface area contributed by atoms with E-state index >= 15 is 0 Å². The third-order valence-electron chi connectivity index (χ3n) is 1.22. The van der Waals surface area contributed by atoms with Crippen molar-refractivity contribution in [3.8, 4) is 0 Å². The highest BCUT2D eigenvalue weighted by Gasteiger charge is 1.86. The van der Waals surface area contributed by atoms with Gasteiger partial charge in [-0.05, 0) is 24.3 Å². The van der Waals surface area contributed by atoms with E-state index in [9.17, 15) is 4.21 Å². The first-order valence-electron chi connectivity index (χ1n) is 3.12. The predicted octanol–water partition coefficient (Wildman–Crippen LogP) is 1.65. The average molecular weight is 223 g/mol. The van der Waals surface area contributed by atoms with E-state index in [4.69, 9.17) is 10.4 Å². The molecular formula is C6H9ClN3O2S-. The van der Waals surface area contributed by atoms with E-state index in [0.717, 1.165) is 5.69 Å². The zero-order chi connectivity index (χ0) is 8.97. The van der Waals surface area contributed by atoms with Gasteiger partial charge in [0.05, 0.1) is 0 Å². The number of nitrogens with one attached hydrogen (secondary N) is 1. The van der Waals surface area contributed by atoms with Crippen LogP contribution in [0.4, 0.5) is 11.4 Å². The molecule has 0 aliphatic carbocycles. The van der Waals surface area contributed by atoms with Crippen LogP contribution in [-0.2, 0) is 15.1 Å². The van der Waals surface area contributed by atoms with Gasteiger partial charge >= 0.3 is 0 Å². The van der Waals surface area contributed by atoms with Crippen molar-refractivity contribution in [3.63, 3.8) is 0 Å². The summed E-state index contributed by atoms with van der Waals surface area (Å²) in [5, 5.41) is 0. The van der Waals surface area contributed by atoms with E-state index in [1.165, 1.54) is 0 Å². The lowest BCUT2D eigenvalue weighted by atomic mass is 10.3. The van der Waals surface area contributed by atoms with E-state index in [1.54, 1.807) is 24.3 Å². The van der Waals surface area contributed by atoms with Crippen LogP contribution in [-0.4, -0.2) is 4.55 Å². The van der Waals surface area contributed by atoms with Gasteiger partial charge in [-0.3, -0.25) is 5.84 Å². The quantitative estimate of drug-likeness (QED) is 0.307. The van der Waals surface area contributed by atoms with Crippen LogP contribution in [0.5, 0.6) is 0 Å². The molecule has 13 heavy (non-hydrogen) atoms. The molecule has 1 aromatic carbocycles. The van der Waals surface area contributed by atoms with Gasteiger partial charge in [0, 0.05) is 11.4 Å². The number of nitrogens with zero attached hydrogens (tertiary/aromatic N) is 1. The molecule has 0 saturated heterocycles. The number of nitrogens with two attached hydrogens (primary N) is 1. The molecule has 0 atom stereocenters. The molecule has 0 amide bonds. The Morgan fingerprint density at radius 2 is 1.92 bits per heavy atom. The average Bonchev–Trinajstić information content (AvgIpc) is 2.05. The molecule has 5 nitrogen and oxygen atoms in total. The first-order valence-corrected chi connectivity index (χ1v) is 4.18. The topological polar surface area (TPSA) is 87.7 Å². The van der Waals surface area contributed by atoms with Crippen LogP contribution in [0.3, 0.4) is 0 Å². The van der Waals surface area contributed by atoms with Crippen molar-refractivity contribution in [1.29, 1.82) is 0 Å². The molecule has 4 N–H and O–H groups in total. The molecule has 0 spiro atoms. The smallest absolute Gasteiger partial charge is 0.0486 e. The minimum atomic E-state index is -2.15. The predicted molar refractivity (Wildman–Crippen MR) is 54.3 cm³/mol. The monoisotopic (exact) mass is 222 g/mol. The Labute approximate surface area is 83.8 Å². The molecule has 0 aromatic heterocycles. The van der Waals surface area contributed by atoms with Gasteiger partial charge in [0.15, 0.2) is 0 Å². The highest BCUT2D eigenvalue weighted by molar-refractivity contribution is 7.68. The zero-order valence-corrected chi connectivity index (χ0v) is 8.14. The molecule has 0 aliphatic heterocycles. The Hall–Kier alpha value is -0.820. The van der Waals surface area contributed by atoms with E-state index in [0.29, 0.717) is 5.69 Å². The van der Waals surface area contributed by atoms with Crippen molar-refractivity contribution in [1.82, 2.24) is 0 Å². The largest absolute Gasteiger partial charge is 0.454 e. The van der Waals surface area contributed by atoms with Crippen LogP contribution >= 0.6 is 12.4 Å². The van der Waals surface area contributed by atoms with Crippen molar-refractivity contribution < 1.29 is 8.76 Å². The lowest BCUT2D eigenvalue weighted by molar-refractivity contribution is 0.529. The number of halogens is 1.